The van der Waals surface area contributed by atoms with Crippen LogP contribution in [0.5, 0.6) is 0 Å². The fourth-order valence-corrected chi connectivity index (χ4v) is 4.28. The number of carbonyl (C=O) groups excluding carboxylic acids is 2. The lowest BCUT2D eigenvalue weighted by atomic mass is 9.82. The number of aromatic nitrogens is 1. The molecule has 0 aromatic carbocycles. The van der Waals surface area contributed by atoms with Crippen LogP contribution in [-0.2, 0) is 26.3 Å². The Labute approximate surface area is 133 Å². The lowest BCUT2D eigenvalue weighted by Gasteiger charge is -2.32. The summed E-state index contributed by atoms with van der Waals surface area (Å²) in [6.07, 6.45) is 0.863. The molecule has 1 aromatic rings. The van der Waals surface area contributed by atoms with Crippen LogP contribution in [0.1, 0.15) is 37.8 Å². The second kappa shape index (κ2) is 5.62. The summed E-state index contributed by atoms with van der Waals surface area (Å²) in [7, 11) is 0. The molecule has 1 N–H and O–H groups in total. The maximum absolute atomic E-state index is 12.2. The minimum absolute atomic E-state index is 0.00417. The van der Waals surface area contributed by atoms with Crippen molar-refractivity contribution in [3.05, 3.63) is 10.6 Å². The van der Waals surface area contributed by atoms with Crippen LogP contribution in [0.4, 0.5) is 5.13 Å². The van der Waals surface area contributed by atoms with Gasteiger partial charge in [0, 0.05) is 25.9 Å². The van der Waals surface area contributed by atoms with E-state index in [2.05, 4.69) is 10.3 Å². The van der Waals surface area contributed by atoms with E-state index in [1.165, 1.54) is 18.3 Å². The van der Waals surface area contributed by atoms with Gasteiger partial charge in [0.15, 0.2) is 5.13 Å². The SMILES string of the molecule is CC(=O)Nc1nc2c(s1)COC[C@]21CCN(C(=O)C(C)C)C1. The Balaban J connectivity index is 1.87. The Morgan fingerprint density at radius 1 is 1.45 bits per heavy atom. The van der Waals surface area contributed by atoms with Crippen LogP contribution in [0.3, 0.4) is 0 Å². The van der Waals surface area contributed by atoms with Gasteiger partial charge in [0.05, 0.1) is 29.2 Å². The lowest BCUT2D eigenvalue weighted by Crippen LogP contribution is -2.41. The molecule has 0 bridgehead atoms. The van der Waals surface area contributed by atoms with Crippen molar-refractivity contribution < 1.29 is 14.3 Å². The van der Waals surface area contributed by atoms with Gasteiger partial charge in [0.2, 0.25) is 11.8 Å². The predicted molar refractivity (Wildman–Crippen MR) is 83.8 cm³/mol. The molecule has 3 heterocycles. The molecule has 0 aliphatic carbocycles. The van der Waals surface area contributed by atoms with Crippen LogP contribution in [0, 0.1) is 5.92 Å². The first-order valence-corrected chi connectivity index (χ1v) is 8.37. The topological polar surface area (TPSA) is 71.5 Å². The van der Waals surface area contributed by atoms with E-state index in [1.807, 2.05) is 18.7 Å². The van der Waals surface area contributed by atoms with Crippen LogP contribution < -0.4 is 5.32 Å². The van der Waals surface area contributed by atoms with Gasteiger partial charge in [-0.2, -0.15) is 0 Å². The third-order valence-corrected chi connectivity index (χ3v) is 5.20. The summed E-state index contributed by atoms with van der Waals surface area (Å²) in [5, 5.41) is 3.37. The highest BCUT2D eigenvalue weighted by Crippen LogP contribution is 2.43. The van der Waals surface area contributed by atoms with E-state index in [0.29, 0.717) is 24.9 Å². The molecule has 2 aliphatic heterocycles. The second-order valence-corrected chi connectivity index (χ2v) is 7.49. The van der Waals surface area contributed by atoms with Gasteiger partial charge in [0.25, 0.3) is 0 Å². The average Bonchev–Trinajstić information content (AvgIpc) is 3.03. The van der Waals surface area contributed by atoms with E-state index in [-0.39, 0.29) is 23.1 Å². The molecule has 7 heteroatoms. The van der Waals surface area contributed by atoms with Crippen molar-refractivity contribution in [2.75, 3.05) is 25.0 Å². The lowest BCUT2D eigenvalue weighted by molar-refractivity contribution is -0.133. The number of hydrogen-bond donors (Lipinski definition) is 1. The zero-order valence-corrected chi connectivity index (χ0v) is 14.0. The predicted octanol–water partition coefficient (Wildman–Crippen LogP) is 1.76. The summed E-state index contributed by atoms with van der Waals surface area (Å²) in [5.74, 6) is 0.0647. The Morgan fingerprint density at radius 2 is 2.23 bits per heavy atom. The first-order chi connectivity index (χ1) is 10.4. The van der Waals surface area contributed by atoms with Gasteiger partial charge in [-0.1, -0.05) is 25.2 Å². The molecule has 120 valence electrons. The minimum atomic E-state index is -0.217. The number of carbonyl (C=O) groups is 2. The first-order valence-electron chi connectivity index (χ1n) is 7.55. The molecule has 2 amide bonds. The summed E-state index contributed by atoms with van der Waals surface area (Å²) in [6.45, 7) is 7.84. The molecule has 1 saturated heterocycles. The Morgan fingerprint density at radius 3 is 2.91 bits per heavy atom. The molecule has 6 nitrogen and oxygen atoms in total. The smallest absolute Gasteiger partial charge is 0.225 e. The Kier molecular flexibility index (Phi) is 3.94. The van der Waals surface area contributed by atoms with Gasteiger partial charge in [-0.3, -0.25) is 9.59 Å². The molecule has 2 aliphatic rings. The maximum atomic E-state index is 12.2. The minimum Gasteiger partial charge on any atom is -0.375 e. The van der Waals surface area contributed by atoms with Crippen molar-refractivity contribution in [3.63, 3.8) is 0 Å². The van der Waals surface area contributed by atoms with Crippen molar-refractivity contribution in [3.8, 4) is 0 Å². The molecule has 1 aromatic heterocycles. The van der Waals surface area contributed by atoms with Crippen molar-refractivity contribution in [1.82, 2.24) is 9.88 Å². The maximum Gasteiger partial charge on any atom is 0.225 e. The number of amides is 2. The molecule has 1 spiro atoms. The second-order valence-electron chi connectivity index (χ2n) is 6.41. The summed E-state index contributed by atoms with van der Waals surface area (Å²) in [5.41, 5.74) is 0.789. The van der Waals surface area contributed by atoms with Crippen LogP contribution >= 0.6 is 11.3 Å². The Hall–Kier alpha value is -1.47. The monoisotopic (exact) mass is 323 g/mol. The van der Waals surface area contributed by atoms with Gasteiger partial charge >= 0.3 is 0 Å². The molecular weight excluding hydrogens is 302 g/mol. The third kappa shape index (κ3) is 2.63. The fourth-order valence-electron chi connectivity index (χ4n) is 3.21. The fraction of sp³-hybridized carbons (Fsp3) is 0.667. The highest BCUT2D eigenvalue weighted by atomic mass is 32.1. The van der Waals surface area contributed by atoms with Crippen LogP contribution in [-0.4, -0.2) is 41.4 Å². The van der Waals surface area contributed by atoms with E-state index >= 15 is 0 Å². The summed E-state index contributed by atoms with van der Waals surface area (Å²) < 4.78 is 5.76. The van der Waals surface area contributed by atoms with Gasteiger partial charge in [-0.15, -0.1) is 0 Å². The number of anilines is 1. The highest BCUT2D eigenvalue weighted by Gasteiger charge is 2.47. The summed E-state index contributed by atoms with van der Waals surface area (Å²) >= 11 is 1.47. The number of rotatable bonds is 2. The number of likely N-dealkylation sites (tertiary alicyclic amines) is 1. The van der Waals surface area contributed by atoms with E-state index in [0.717, 1.165) is 23.5 Å². The van der Waals surface area contributed by atoms with Crippen molar-refractivity contribution in [2.45, 2.75) is 39.2 Å². The quantitative estimate of drug-likeness (QED) is 0.900. The van der Waals surface area contributed by atoms with E-state index in [1.54, 1.807) is 0 Å². The van der Waals surface area contributed by atoms with Crippen LogP contribution in [0.25, 0.3) is 0 Å². The highest BCUT2D eigenvalue weighted by molar-refractivity contribution is 7.15. The van der Waals surface area contributed by atoms with Gasteiger partial charge in [-0.05, 0) is 6.42 Å². The number of ether oxygens (including phenoxy) is 1. The van der Waals surface area contributed by atoms with Gasteiger partial charge in [-0.25, -0.2) is 4.98 Å². The third-order valence-electron chi connectivity index (χ3n) is 4.25. The average molecular weight is 323 g/mol. The summed E-state index contributed by atoms with van der Waals surface area (Å²) in [6, 6.07) is 0. The van der Waals surface area contributed by atoms with Crippen molar-refractivity contribution in [2.24, 2.45) is 5.92 Å². The van der Waals surface area contributed by atoms with Crippen LogP contribution in [0.2, 0.25) is 0 Å². The molecule has 1 atom stereocenters. The van der Waals surface area contributed by atoms with E-state index in [9.17, 15) is 9.59 Å². The molecule has 22 heavy (non-hydrogen) atoms. The number of nitrogens with one attached hydrogen (secondary N) is 1. The van der Waals surface area contributed by atoms with Crippen molar-refractivity contribution in [1.29, 1.82) is 0 Å². The molecular formula is C15H21N3O3S. The molecule has 1 fully saturated rings. The van der Waals surface area contributed by atoms with Gasteiger partial charge < -0.3 is 15.0 Å². The number of hydrogen-bond acceptors (Lipinski definition) is 5. The van der Waals surface area contributed by atoms with E-state index in [4.69, 9.17) is 4.74 Å². The molecule has 0 unspecified atom stereocenters. The normalized spacial score (nSPS) is 23.9. The molecule has 0 radical (unpaired) electrons. The summed E-state index contributed by atoms with van der Waals surface area (Å²) in [4.78, 5) is 31.1. The molecule has 3 rings (SSSR count). The van der Waals surface area contributed by atoms with Gasteiger partial charge in [0.1, 0.15) is 0 Å². The zero-order valence-electron chi connectivity index (χ0n) is 13.1. The number of thiazole rings is 1. The molecule has 0 saturated carbocycles. The largest absolute Gasteiger partial charge is 0.375 e. The van der Waals surface area contributed by atoms with E-state index < -0.39 is 0 Å². The first kappa shape index (κ1) is 15.4. The van der Waals surface area contributed by atoms with Crippen LogP contribution in [0.15, 0.2) is 0 Å². The van der Waals surface area contributed by atoms with Crippen molar-refractivity contribution >= 4 is 28.3 Å². The number of nitrogens with zero attached hydrogens (tertiary/aromatic N) is 2. The number of fused-ring (bicyclic) bond motifs is 2. The standard InChI is InChI=1S/C15H21N3O3S/c1-9(2)13(20)18-5-4-15(7-18)8-21-6-11-12(15)17-14(22-11)16-10(3)19/h9H,4-8H2,1-3H3,(H,16,17,19)/t15-/m1/s1. The zero-order chi connectivity index (χ0) is 15.9. The Bertz CT molecular complexity index is 613.